The Hall–Kier alpha value is 0.170. The van der Waals surface area contributed by atoms with Gasteiger partial charge in [0.25, 0.3) is 0 Å². The Kier molecular flexibility index (Phi) is 11.4. The lowest BCUT2D eigenvalue weighted by Crippen LogP contribution is -2.44. The molecule has 3 nitrogen and oxygen atoms in total. The van der Waals surface area contributed by atoms with Gasteiger partial charge in [-0.05, 0) is 45.4 Å². The maximum atomic E-state index is 3.40. The van der Waals surface area contributed by atoms with Crippen molar-refractivity contribution in [2.75, 3.05) is 52.4 Å². The van der Waals surface area contributed by atoms with Gasteiger partial charge in [-0.15, -0.1) is 12.4 Å². The van der Waals surface area contributed by atoms with E-state index < -0.39 is 0 Å². The zero-order chi connectivity index (χ0) is 11.6. The van der Waals surface area contributed by atoms with Gasteiger partial charge in [-0.25, -0.2) is 0 Å². The van der Waals surface area contributed by atoms with Crippen LogP contribution in [-0.4, -0.2) is 62.2 Å². The van der Waals surface area contributed by atoms with E-state index in [2.05, 4.69) is 29.0 Å². The van der Waals surface area contributed by atoms with Crippen LogP contribution < -0.4 is 5.32 Å². The minimum atomic E-state index is 0. The van der Waals surface area contributed by atoms with Gasteiger partial charge in [0.1, 0.15) is 0 Å². The summed E-state index contributed by atoms with van der Waals surface area (Å²) in [7, 11) is 0. The van der Waals surface area contributed by atoms with E-state index in [1.807, 2.05) is 0 Å². The van der Waals surface area contributed by atoms with E-state index in [4.69, 9.17) is 0 Å². The third kappa shape index (κ3) is 7.98. The Balaban J connectivity index is 0.00000256. The predicted molar refractivity (Wildman–Crippen MR) is 78.2 cm³/mol. The fraction of sp³-hybridized carbons (Fsp3) is 1.00. The van der Waals surface area contributed by atoms with Crippen LogP contribution in [-0.2, 0) is 0 Å². The second-order valence-corrected chi connectivity index (χ2v) is 4.79. The molecule has 0 aliphatic carbocycles. The molecule has 1 saturated heterocycles. The summed E-state index contributed by atoms with van der Waals surface area (Å²) in [5.41, 5.74) is 0. The van der Waals surface area contributed by atoms with Crippen molar-refractivity contribution in [3.05, 3.63) is 0 Å². The van der Waals surface area contributed by atoms with E-state index in [0.29, 0.717) is 0 Å². The average Bonchev–Trinajstić information content (AvgIpc) is 2.31. The van der Waals surface area contributed by atoms with Crippen LogP contribution in [0.5, 0.6) is 0 Å². The molecule has 0 amide bonds. The smallest absolute Gasteiger partial charge is 0.0107 e. The molecular formula is C13H30ClN3. The molecule has 1 aliphatic rings. The number of rotatable bonds is 8. The van der Waals surface area contributed by atoms with E-state index in [0.717, 1.165) is 0 Å². The summed E-state index contributed by atoms with van der Waals surface area (Å²) in [5, 5.41) is 3.40. The molecule has 0 aromatic carbocycles. The van der Waals surface area contributed by atoms with E-state index in [9.17, 15) is 0 Å². The van der Waals surface area contributed by atoms with Crippen LogP contribution in [0, 0.1) is 0 Å². The second kappa shape index (κ2) is 11.3. The summed E-state index contributed by atoms with van der Waals surface area (Å²) in [4.78, 5) is 5.20. The largest absolute Gasteiger partial charge is 0.314 e. The molecule has 0 radical (unpaired) electrons. The van der Waals surface area contributed by atoms with Crippen molar-refractivity contribution in [1.82, 2.24) is 15.1 Å². The average molecular weight is 264 g/mol. The van der Waals surface area contributed by atoms with Crippen molar-refractivity contribution in [1.29, 1.82) is 0 Å². The summed E-state index contributed by atoms with van der Waals surface area (Å²) in [6.07, 6.45) is 3.90. The zero-order valence-corrected chi connectivity index (χ0v) is 12.4. The zero-order valence-electron chi connectivity index (χ0n) is 11.6. The van der Waals surface area contributed by atoms with Gasteiger partial charge in [0.05, 0.1) is 0 Å². The van der Waals surface area contributed by atoms with Gasteiger partial charge in [0, 0.05) is 26.2 Å². The molecule has 17 heavy (non-hydrogen) atoms. The lowest BCUT2D eigenvalue weighted by atomic mass is 10.3. The third-order valence-electron chi connectivity index (χ3n) is 3.24. The van der Waals surface area contributed by atoms with Crippen molar-refractivity contribution >= 4 is 12.4 Å². The van der Waals surface area contributed by atoms with Crippen LogP contribution in [0.3, 0.4) is 0 Å². The summed E-state index contributed by atoms with van der Waals surface area (Å²) < 4.78 is 0. The van der Waals surface area contributed by atoms with E-state index in [-0.39, 0.29) is 12.4 Å². The van der Waals surface area contributed by atoms with Crippen molar-refractivity contribution in [2.24, 2.45) is 0 Å². The normalized spacial score (nSPS) is 17.1. The van der Waals surface area contributed by atoms with Crippen molar-refractivity contribution in [3.8, 4) is 0 Å². The highest BCUT2D eigenvalue weighted by atomic mass is 35.5. The molecule has 1 rings (SSSR count). The molecule has 0 spiro atoms. The first-order chi connectivity index (χ1) is 7.86. The maximum Gasteiger partial charge on any atom is 0.0107 e. The number of hydrogen-bond donors (Lipinski definition) is 1. The number of nitrogens with zero attached hydrogens (tertiary/aromatic N) is 2. The van der Waals surface area contributed by atoms with Crippen LogP contribution in [0.4, 0.5) is 0 Å². The maximum absolute atomic E-state index is 3.40. The van der Waals surface area contributed by atoms with Gasteiger partial charge in [-0.2, -0.15) is 0 Å². The second-order valence-electron chi connectivity index (χ2n) is 4.79. The van der Waals surface area contributed by atoms with Gasteiger partial charge in [-0.3, -0.25) is 0 Å². The molecular weight excluding hydrogens is 234 g/mol. The minimum Gasteiger partial charge on any atom is -0.314 e. The number of halogens is 1. The fourth-order valence-electron chi connectivity index (χ4n) is 2.42. The minimum absolute atomic E-state index is 0. The van der Waals surface area contributed by atoms with Crippen molar-refractivity contribution in [2.45, 2.75) is 33.1 Å². The molecule has 1 fully saturated rings. The highest BCUT2D eigenvalue weighted by Crippen LogP contribution is 1.99. The van der Waals surface area contributed by atoms with Crippen LogP contribution in [0.1, 0.15) is 33.1 Å². The van der Waals surface area contributed by atoms with Gasteiger partial charge in [0.2, 0.25) is 0 Å². The van der Waals surface area contributed by atoms with Gasteiger partial charge < -0.3 is 15.1 Å². The predicted octanol–water partition coefficient (Wildman–Crippen LogP) is 1.83. The first kappa shape index (κ1) is 17.2. The third-order valence-corrected chi connectivity index (χ3v) is 3.24. The number of hydrogen-bond acceptors (Lipinski definition) is 3. The molecule has 0 atom stereocenters. The lowest BCUT2D eigenvalue weighted by Gasteiger charge is -2.28. The van der Waals surface area contributed by atoms with Crippen molar-refractivity contribution in [3.63, 3.8) is 0 Å². The molecule has 104 valence electrons. The lowest BCUT2D eigenvalue weighted by molar-refractivity contribution is 0.210. The molecule has 0 unspecified atom stereocenters. The Labute approximate surface area is 113 Å². The number of nitrogens with one attached hydrogen (secondary N) is 1. The van der Waals surface area contributed by atoms with E-state index >= 15 is 0 Å². The molecule has 4 heteroatoms. The topological polar surface area (TPSA) is 18.5 Å². The summed E-state index contributed by atoms with van der Waals surface area (Å²) in [6.45, 7) is 14.5. The quantitative estimate of drug-likeness (QED) is 0.721. The van der Waals surface area contributed by atoms with Gasteiger partial charge >= 0.3 is 0 Å². The van der Waals surface area contributed by atoms with Crippen LogP contribution in [0.2, 0.25) is 0 Å². The molecule has 1 heterocycles. The highest BCUT2D eigenvalue weighted by molar-refractivity contribution is 5.85. The van der Waals surface area contributed by atoms with Gasteiger partial charge in [0.15, 0.2) is 0 Å². The number of piperazine rings is 1. The Morgan fingerprint density at radius 1 is 1.00 bits per heavy atom. The summed E-state index contributed by atoms with van der Waals surface area (Å²) in [5.74, 6) is 0. The summed E-state index contributed by atoms with van der Waals surface area (Å²) >= 11 is 0. The van der Waals surface area contributed by atoms with Crippen LogP contribution in [0.15, 0.2) is 0 Å². The monoisotopic (exact) mass is 263 g/mol. The SMILES string of the molecule is CCCN(CCC)CCCN1CCNCC1.Cl. The standard InChI is InChI=1S/C13H29N3.ClH/c1-3-8-15(9-4-2)10-5-11-16-12-6-14-7-13-16;/h14H,3-13H2,1-2H3;1H. The molecule has 0 bridgehead atoms. The van der Waals surface area contributed by atoms with Crippen molar-refractivity contribution < 1.29 is 0 Å². The Morgan fingerprint density at radius 2 is 1.59 bits per heavy atom. The molecule has 1 aliphatic heterocycles. The fourth-order valence-corrected chi connectivity index (χ4v) is 2.42. The molecule has 0 aromatic rings. The van der Waals surface area contributed by atoms with E-state index in [1.165, 1.54) is 71.6 Å². The van der Waals surface area contributed by atoms with Gasteiger partial charge in [-0.1, -0.05) is 13.8 Å². The first-order valence-electron chi connectivity index (χ1n) is 7.02. The Morgan fingerprint density at radius 3 is 2.12 bits per heavy atom. The molecule has 0 saturated carbocycles. The first-order valence-corrected chi connectivity index (χ1v) is 7.02. The van der Waals surface area contributed by atoms with Crippen LogP contribution in [0.25, 0.3) is 0 Å². The van der Waals surface area contributed by atoms with Crippen LogP contribution >= 0.6 is 12.4 Å². The molecule has 1 N–H and O–H groups in total. The summed E-state index contributed by atoms with van der Waals surface area (Å²) in [6, 6.07) is 0. The van der Waals surface area contributed by atoms with E-state index in [1.54, 1.807) is 0 Å². The Bertz CT molecular complexity index is 155. The highest BCUT2D eigenvalue weighted by Gasteiger charge is 2.09. The molecule has 0 aromatic heterocycles.